The van der Waals surface area contributed by atoms with Crippen molar-refractivity contribution >= 4 is 23.5 Å². The van der Waals surface area contributed by atoms with Gasteiger partial charge < -0.3 is 10.6 Å². The number of aryl methyl sites for hydroxylation is 2. The Labute approximate surface area is 127 Å². The molecule has 0 saturated heterocycles. The van der Waals surface area contributed by atoms with Crippen LogP contribution < -0.4 is 10.6 Å². The Kier molecular flexibility index (Phi) is 3.66. The SMILES string of the molecule is CCn1ccc(NC(=O)c2cc(NC(=O)C3CC3)n(C)n2)n1. The maximum Gasteiger partial charge on any atom is 0.277 e. The molecule has 8 heteroatoms. The van der Waals surface area contributed by atoms with Crippen molar-refractivity contribution < 1.29 is 9.59 Å². The standard InChI is InChI=1S/C14H18N6O2/c1-3-20-7-6-11(18-20)15-14(22)10-8-12(19(2)17-10)16-13(21)9-4-5-9/h6-9H,3-5H2,1-2H3,(H,16,21)(H,15,18,22). The normalized spacial score (nSPS) is 13.9. The van der Waals surface area contributed by atoms with Crippen LogP contribution in [0, 0.1) is 5.92 Å². The quantitative estimate of drug-likeness (QED) is 0.869. The van der Waals surface area contributed by atoms with Gasteiger partial charge >= 0.3 is 0 Å². The fourth-order valence-corrected chi connectivity index (χ4v) is 2.05. The van der Waals surface area contributed by atoms with Crippen LogP contribution in [0.3, 0.4) is 0 Å². The van der Waals surface area contributed by atoms with Crippen LogP contribution in [0.4, 0.5) is 11.6 Å². The summed E-state index contributed by atoms with van der Waals surface area (Å²) in [6, 6.07) is 3.28. The molecule has 0 atom stereocenters. The van der Waals surface area contributed by atoms with E-state index >= 15 is 0 Å². The van der Waals surface area contributed by atoms with Crippen molar-refractivity contribution in [2.24, 2.45) is 13.0 Å². The van der Waals surface area contributed by atoms with E-state index in [4.69, 9.17) is 0 Å². The highest BCUT2D eigenvalue weighted by Gasteiger charge is 2.30. The van der Waals surface area contributed by atoms with Crippen LogP contribution in [-0.4, -0.2) is 31.4 Å². The van der Waals surface area contributed by atoms with Gasteiger partial charge in [0.15, 0.2) is 11.5 Å². The number of rotatable bonds is 5. The Bertz CT molecular complexity index is 713. The van der Waals surface area contributed by atoms with Crippen molar-refractivity contribution in [2.45, 2.75) is 26.3 Å². The molecule has 0 radical (unpaired) electrons. The highest BCUT2D eigenvalue weighted by molar-refractivity contribution is 6.03. The van der Waals surface area contributed by atoms with Gasteiger partial charge in [-0.25, -0.2) is 0 Å². The van der Waals surface area contributed by atoms with E-state index in [1.54, 1.807) is 30.1 Å². The van der Waals surface area contributed by atoms with Gasteiger partial charge in [0.1, 0.15) is 5.82 Å². The first-order valence-corrected chi connectivity index (χ1v) is 7.26. The van der Waals surface area contributed by atoms with Crippen LogP contribution in [0.5, 0.6) is 0 Å². The minimum atomic E-state index is -0.358. The molecule has 0 aliphatic heterocycles. The zero-order chi connectivity index (χ0) is 15.7. The average molecular weight is 302 g/mol. The summed E-state index contributed by atoms with van der Waals surface area (Å²) in [5, 5.41) is 13.8. The molecular formula is C14H18N6O2. The van der Waals surface area contributed by atoms with Crippen molar-refractivity contribution in [1.82, 2.24) is 19.6 Å². The lowest BCUT2D eigenvalue weighted by molar-refractivity contribution is -0.117. The maximum absolute atomic E-state index is 12.2. The summed E-state index contributed by atoms with van der Waals surface area (Å²) < 4.78 is 3.20. The first kappa shape index (κ1) is 14.3. The van der Waals surface area contributed by atoms with Crippen molar-refractivity contribution in [3.05, 3.63) is 24.0 Å². The van der Waals surface area contributed by atoms with E-state index in [-0.39, 0.29) is 23.4 Å². The molecule has 0 aromatic carbocycles. The number of anilines is 2. The topological polar surface area (TPSA) is 93.8 Å². The van der Waals surface area contributed by atoms with Crippen LogP contribution in [-0.2, 0) is 18.4 Å². The van der Waals surface area contributed by atoms with Gasteiger partial charge in [-0.2, -0.15) is 10.2 Å². The zero-order valence-corrected chi connectivity index (χ0v) is 12.5. The molecule has 2 aromatic heterocycles. The van der Waals surface area contributed by atoms with E-state index in [0.717, 1.165) is 19.4 Å². The molecule has 3 rings (SSSR count). The predicted octanol–water partition coefficient (Wildman–Crippen LogP) is 1.24. The van der Waals surface area contributed by atoms with Crippen LogP contribution in [0.2, 0.25) is 0 Å². The van der Waals surface area contributed by atoms with Crippen LogP contribution in [0.1, 0.15) is 30.3 Å². The lowest BCUT2D eigenvalue weighted by atomic mass is 10.3. The number of amides is 2. The van der Waals surface area contributed by atoms with E-state index in [1.165, 1.54) is 4.68 Å². The second-order valence-electron chi connectivity index (χ2n) is 5.31. The summed E-state index contributed by atoms with van der Waals surface area (Å²) in [4.78, 5) is 23.9. The van der Waals surface area contributed by atoms with Crippen molar-refractivity contribution in [3.8, 4) is 0 Å². The Balaban J connectivity index is 1.68. The molecule has 0 unspecified atom stereocenters. The molecule has 2 amide bonds. The summed E-state index contributed by atoms with van der Waals surface area (Å²) in [5.74, 6) is 0.716. The van der Waals surface area contributed by atoms with Gasteiger partial charge in [-0.3, -0.25) is 19.0 Å². The minimum absolute atomic E-state index is 0.0170. The molecule has 116 valence electrons. The van der Waals surface area contributed by atoms with Gasteiger partial charge in [-0.05, 0) is 19.8 Å². The van der Waals surface area contributed by atoms with E-state index in [1.807, 2.05) is 6.92 Å². The summed E-state index contributed by atoms with van der Waals surface area (Å²) >= 11 is 0. The number of hydrogen-bond donors (Lipinski definition) is 2. The van der Waals surface area contributed by atoms with Crippen LogP contribution in [0.25, 0.3) is 0 Å². The highest BCUT2D eigenvalue weighted by Crippen LogP contribution is 2.30. The molecule has 8 nitrogen and oxygen atoms in total. The monoisotopic (exact) mass is 302 g/mol. The first-order valence-electron chi connectivity index (χ1n) is 7.26. The summed E-state index contributed by atoms with van der Waals surface area (Å²) in [5.41, 5.74) is 0.236. The molecule has 22 heavy (non-hydrogen) atoms. The maximum atomic E-state index is 12.2. The molecule has 1 aliphatic carbocycles. The number of aromatic nitrogens is 4. The fourth-order valence-electron chi connectivity index (χ4n) is 2.05. The average Bonchev–Trinajstić information content (AvgIpc) is 3.16. The second kappa shape index (κ2) is 5.63. The number of nitrogens with one attached hydrogen (secondary N) is 2. The fraction of sp³-hybridized carbons (Fsp3) is 0.429. The number of hydrogen-bond acceptors (Lipinski definition) is 4. The van der Waals surface area contributed by atoms with Crippen molar-refractivity contribution in [3.63, 3.8) is 0 Å². The molecule has 1 saturated carbocycles. The lowest BCUT2D eigenvalue weighted by Crippen LogP contribution is -2.15. The van der Waals surface area contributed by atoms with Crippen LogP contribution >= 0.6 is 0 Å². The minimum Gasteiger partial charge on any atom is -0.311 e. The largest absolute Gasteiger partial charge is 0.311 e. The van der Waals surface area contributed by atoms with Gasteiger partial charge in [0.25, 0.3) is 5.91 Å². The van der Waals surface area contributed by atoms with Gasteiger partial charge in [-0.15, -0.1) is 0 Å². The third-order valence-electron chi connectivity index (χ3n) is 3.52. The Morgan fingerprint density at radius 1 is 1.32 bits per heavy atom. The molecule has 2 heterocycles. The Hall–Kier alpha value is -2.64. The van der Waals surface area contributed by atoms with Gasteiger partial charge in [0, 0.05) is 37.8 Å². The third-order valence-corrected chi connectivity index (χ3v) is 3.52. The number of carbonyl (C=O) groups is 2. The van der Waals surface area contributed by atoms with Crippen molar-refractivity contribution in [1.29, 1.82) is 0 Å². The van der Waals surface area contributed by atoms with Gasteiger partial charge in [0.2, 0.25) is 5.91 Å². The molecule has 0 spiro atoms. The molecule has 0 bridgehead atoms. The Morgan fingerprint density at radius 2 is 2.09 bits per heavy atom. The molecule has 1 aliphatic rings. The van der Waals surface area contributed by atoms with E-state index in [0.29, 0.717) is 11.6 Å². The smallest absolute Gasteiger partial charge is 0.277 e. The number of carbonyl (C=O) groups excluding carboxylic acids is 2. The van der Waals surface area contributed by atoms with Gasteiger partial charge in [0.05, 0.1) is 0 Å². The highest BCUT2D eigenvalue weighted by atomic mass is 16.2. The lowest BCUT2D eigenvalue weighted by Gasteiger charge is -2.02. The molecule has 2 aromatic rings. The number of nitrogens with zero attached hydrogens (tertiary/aromatic N) is 4. The molecule has 2 N–H and O–H groups in total. The third kappa shape index (κ3) is 3.00. The van der Waals surface area contributed by atoms with Gasteiger partial charge in [-0.1, -0.05) is 0 Å². The molecular weight excluding hydrogens is 284 g/mol. The van der Waals surface area contributed by atoms with E-state index in [2.05, 4.69) is 20.8 Å². The first-order chi connectivity index (χ1) is 10.6. The van der Waals surface area contributed by atoms with Crippen molar-refractivity contribution in [2.75, 3.05) is 10.6 Å². The zero-order valence-electron chi connectivity index (χ0n) is 12.5. The van der Waals surface area contributed by atoms with Crippen LogP contribution in [0.15, 0.2) is 18.3 Å². The predicted molar refractivity (Wildman–Crippen MR) is 80.4 cm³/mol. The Morgan fingerprint density at radius 3 is 2.73 bits per heavy atom. The van der Waals surface area contributed by atoms with E-state index in [9.17, 15) is 9.59 Å². The summed E-state index contributed by atoms with van der Waals surface area (Å²) in [6.45, 7) is 2.70. The second-order valence-corrected chi connectivity index (χ2v) is 5.31. The summed E-state index contributed by atoms with van der Waals surface area (Å²) in [7, 11) is 1.69. The summed E-state index contributed by atoms with van der Waals surface area (Å²) in [6.07, 6.45) is 3.64. The molecule has 1 fully saturated rings. The van der Waals surface area contributed by atoms with E-state index < -0.39 is 0 Å².